The number of nitro groups is 1. The molecule has 0 saturated carbocycles. The average Bonchev–Trinajstić information content (AvgIpc) is 2.41. The van der Waals surface area contributed by atoms with Crippen LogP contribution in [0, 0.1) is 10.1 Å². The first-order chi connectivity index (χ1) is 9.10. The summed E-state index contributed by atoms with van der Waals surface area (Å²) in [6.07, 6.45) is 0. The van der Waals surface area contributed by atoms with E-state index in [0.29, 0.717) is 22.1 Å². The molecule has 0 amide bonds. The molecule has 19 heavy (non-hydrogen) atoms. The van der Waals surface area contributed by atoms with Crippen LogP contribution >= 0.6 is 11.6 Å². The Morgan fingerprint density at radius 1 is 1.26 bits per heavy atom. The fourth-order valence-corrected chi connectivity index (χ4v) is 1.75. The Labute approximate surface area is 114 Å². The van der Waals surface area contributed by atoms with Crippen LogP contribution in [0.5, 0.6) is 11.5 Å². The van der Waals surface area contributed by atoms with Gasteiger partial charge in [-0.05, 0) is 24.3 Å². The van der Waals surface area contributed by atoms with Gasteiger partial charge in [-0.1, -0.05) is 17.7 Å². The van der Waals surface area contributed by atoms with Crippen molar-refractivity contribution in [3.63, 3.8) is 0 Å². The summed E-state index contributed by atoms with van der Waals surface area (Å²) in [4.78, 5) is 10.2. The third-order valence-electron chi connectivity index (χ3n) is 2.45. The minimum Gasteiger partial charge on any atom is -0.457 e. The van der Waals surface area contributed by atoms with Gasteiger partial charge in [-0.3, -0.25) is 10.1 Å². The number of hydrogen-bond donors (Lipinski definition) is 1. The van der Waals surface area contributed by atoms with Crippen LogP contribution in [0.25, 0.3) is 0 Å². The van der Waals surface area contributed by atoms with Crippen LogP contribution in [-0.2, 0) is 6.61 Å². The Bertz CT molecular complexity index is 615. The summed E-state index contributed by atoms with van der Waals surface area (Å²) in [6.45, 7) is -0.231. The zero-order valence-corrected chi connectivity index (χ0v) is 10.5. The molecule has 0 spiro atoms. The van der Waals surface area contributed by atoms with E-state index in [1.165, 1.54) is 18.2 Å². The fourth-order valence-electron chi connectivity index (χ4n) is 1.56. The second-order valence-electron chi connectivity index (χ2n) is 3.77. The average molecular weight is 280 g/mol. The molecule has 0 aliphatic rings. The van der Waals surface area contributed by atoms with Gasteiger partial charge in [0, 0.05) is 16.7 Å². The molecule has 6 heteroatoms. The van der Waals surface area contributed by atoms with Crippen LogP contribution in [0.15, 0.2) is 42.5 Å². The van der Waals surface area contributed by atoms with Crippen LogP contribution in [0.4, 0.5) is 5.69 Å². The van der Waals surface area contributed by atoms with Gasteiger partial charge in [-0.2, -0.15) is 0 Å². The van der Waals surface area contributed by atoms with Gasteiger partial charge in [-0.15, -0.1) is 0 Å². The predicted molar refractivity (Wildman–Crippen MR) is 70.5 cm³/mol. The number of rotatable bonds is 4. The molecule has 0 radical (unpaired) electrons. The summed E-state index contributed by atoms with van der Waals surface area (Å²) >= 11 is 5.81. The van der Waals surface area contributed by atoms with Gasteiger partial charge in [0.15, 0.2) is 0 Å². The molecule has 0 aromatic heterocycles. The molecule has 0 atom stereocenters. The molecule has 0 unspecified atom stereocenters. The van der Waals surface area contributed by atoms with E-state index in [2.05, 4.69) is 0 Å². The number of ether oxygens (including phenoxy) is 1. The molecule has 98 valence electrons. The number of benzene rings is 2. The normalized spacial score (nSPS) is 10.2. The molecule has 0 fully saturated rings. The summed E-state index contributed by atoms with van der Waals surface area (Å²) in [5.74, 6) is 0.735. The zero-order valence-electron chi connectivity index (χ0n) is 9.75. The summed E-state index contributed by atoms with van der Waals surface area (Å²) in [5.41, 5.74) is 0.455. The van der Waals surface area contributed by atoms with Crippen LogP contribution in [0.2, 0.25) is 5.02 Å². The molecule has 2 aromatic carbocycles. The second kappa shape index (κ2) is 5.69. The Morgan fingerprint density at radius 3 is 2.74 bits per heavy atom. The van der Waals surface area contributed by atoms with Crippen molar-refractivity contribution in [1.82, 2.24) is 0 Å². The lowest BCUT2D eigenvalue weighted by Crippen LogP contribution is -1.93. The maximum atomic E-state index is 10.7. The molecular weight excluding hydrogens is 270 g/mol. The van der Waals surface area contributed by atoms with Crippen LogP contribution in [-0.4, -0.2) is 10.0 Å². The highest BCUT2D eigenvalue weighted by Gasteiger charge is 2.09. The molecule has 1 N–H and O–H groups in total. The quantitative estimate of drug-likeness (QED) is 0.686. The highest BCUT2D eigenvalue weighted by Crippen LogP contribution is 2.29. The van der Waals surface area contributed by atoms with Crippen molar-refractivity contribution in [3.8, 4) is 11.5 Å². The van der Waals surface area contributed by atoms with Gasteiger partial charge >= 0.3 is 0 Å². The highest BCUT2D eigenvalue weighted by atomic mass is 35.5. The van der Waals surface area contributed by atoms with E-state index >= 15 is 0 Å². The van der Waals surface area contributed by atoms with E-state index in [1.54, 1.807) is 24.3 Å². The predicted octanol–water partition coefficient (Wildman–Crippen LogP) is 3.53. The Balaban J connectivity index is 2.30. The molecule has 5 nitrogen and oxygen atoms in total. The Hall–Kier alpha value is -2.11. The van der Waals surface area contributed by atoms with Crippen molar-refractivity contribution in [2.75, 3.05) is 0 Å². The molecule has 0 saturated heterocycles. The van der Waals surface area contributed by atoms with Crippen LogP contribution < -0.4 is 4.74 Å². The molecule has 2 rings (SSSR count). The van der Waals surface area contributed by atoms with E-state index in [0.717, 1.165) is 0 Å². The standard InChI is InChI=1S/C13H10ClNO4/c14-10-4-5-13(9(6-10)8-16)19-12-3-1-2-11(7-12)15(17)18/h1-7,16H,8H2. The van der Waals surface area contributed by atoms with E-state index in [1.807, 2.05) is 0 Å². The fraction of sp³-hybridized carbons (Fsp3) is 0.0769. The van der Waals surface area contributed by atoms with E-state index < -0.39 is 4.92 Å². The number of nitrogens with zero attached hydrogens (tertiary/aromatic N) is 1. The largest absolute Gasteiger partial charge is 0.457 e. The van der Waals surface area contributed by atoms with Gasteiger partial charge in [0.1, 0.15) is 11.5 Å². The molecule has 0 bridgehead atoms. The van der Waals surface area contributed by atoms with Crippen molar-refractivity contribution >= 4 is 17.3 Å². The lowest BCUT2D eigenvalue weighted by molar-refractivity contribution is -0.384. The SMILES string of the molecule is O=[N+]([O-])c1cccc(Oc2ccc(Cl)cc2CO)c1. The third kappa shape index (κ3) is 3.21. The molecular formula is C13H10ClNO4. The van der Waals surface area contributed by atoms with E-state index in [9.17, 15) is 15.2 Å². The zero-order chi connectivity index (χ0) is 13.8. The van der Waals surface area contributed by atoms with Crippen LogP contribution in [0.3, 0.4) is 0 Å². The first-order valence-electron chi connectivity index (χ1n) is 5.42. The number of halogens is 1. The second-order valence-corrected chi connectivity index (χ2v) is 4.20. The van der Waals surface area contributed by atoms with Gasteiger partial charge in [-0.25, -0.2) is 0 Å². The van der Waals surface area contributed by atoms with Crippen molar-refractivity contribution in [1.29, 1.82) is 0 Å². The Morgan fingerprint density at radius 2 is 2.05 bits per heavy atom. The summed E-state index contributed by atoms with van der Waals surface area (Å²) in [7, 11) is 0. The minimum atomic E-state index is -0.498. The number of hydrogen-bond acceptors (Lipinski definition) is 4. The number of non-ortho nitro benzene ring substituents is 1. The smallest absolute Gasteiger partial charge is 0.273 e. The molecule has 0 heterocycles. The lowest BCUT2D eigenvalue weighted by atomic mass is 10.2. The van der Waals surface area contributed by atoms with E-state index in [4.69, 9.17) is 16.3 Å². The van der Waals surface area contributed by atoms with Gasteiger partial charge in [0.05, 0.1) is 17.6 Å². The summed E-state index contributed by atoms with van der Waals surface area (Å²) < 4.78 is 5.52. The number of nitro benzene ring substituents is 1. The van der Waals surface area contributed by atoms with Gasteiger partial charge in [0.25, 0.3) is 5.69 Å². The maximum absolute atomic E-state index is 10.7. The third-order valence-corrected chi connectivity index (χ3v) is 2.68. The molecule has 0 aliphatic heterocycles. The lowest BCUT2D eigenvalue weighted by Gasteiger charge is -2.09. The van der Waals surface area contributed by atoms with Crippen molar-refractivity contribution in [3.05, 3.63) is 63.2 Å². The maximum Gasteiger partial charge on any atom is 0.273 e. The monoisotopic (exact) mass is 279 g/mol. The Kier molecular flexibility index (Phi) is 3.99. The van der Waals surface area contributed by atoms with Crippen molar-refractivity contribution in [2.45, 2.75) is 6.61 Å². The topological polar surface area (TPSA) is 72.6 Å². The summed E-state index contributed by atoms with van der Waals surface area (Å²) in [5, 5.41) is 20.4. The first kappa shape index (κ1) is 13.3. The number of aliphatic hydroxyl groups excluding tert-OH is 1. The summed E-state index contributed by atoms with van der Waals surface area (Å²) in [6, 6.07) is 10.6. The number of aliphatic hydroxyl groups is 1. The minimum absolute atomic E-state index is 0.0583. The van der Waals surface area contributed by atoms with Crippen molar-refractivity contribution in [2.24, 2.45) is 0 Å². The van der Waals surface area contributed by atoms with E-state index in [-0.39, 0.29) is 12.3 Å². The van der Waals surface area contributed by atoms with Gasteiger partial charge < -0.3 is 9.84 Å². The van der Waals surface area contributed by atoms with Crippen LogP contribution in [0.1, 0.15) is 5.56 Å². The highest BCUT2D eigenvalue weighted by molar-refractivity contribution is 6.30. The molecule has 0 aliphatic carbocycles. The molecule has 2 aromatic rings. The first-order valence-corrected chi connectivity index (χ1v) is 5.79. The van der Waals surface area contributed by atoms with Crippen molar-refractivity contribution < 1.29 is 14.8 Å². The van der Waals surface area contributed by atoms with Gasteiger partial charge in [0.2, 0.25) is 0 Å².